The minimum atomic E-state index is -0.0520. The monoisotopic (exact) mass is 232 g/mol. The molecule has 1 heterocycles. The smallest absolute Gasteiger partial charge is 0.269 e. The highest BCUT2D eigenvalue weighted by molar-refractivity contribution is 5.92. The molecule has 1 amide bonds. The highest BCUT2D eigenvalue weighted by Crippen LogP contribution is 2.27. The van der Waals surface area contributed by atoms with Crippen molar-refractivity contribution in [3.63, 3.8) is 0 Å². The molecular weight excluding hydrogens is 212 g/mol. The van der Waals surface area contributed by atoms with E-state index in [-0.39, 0.29) is 5.91 Å². The Morgan fingerprint density at radius 2 is 2.35 bits per heavy atom. The van der Waals surface area contributed by atoms with Gasteiger partial charge in [0.1, 0.15) is 5.69 Å². The maximum absolute atomic E-state index is 11.8. The third kappa shape index (κ3) is 3.55. The summed E-state index contributed by atoms with van der Waals surface area (Å²) < 4.78 is 0. The molecule has 0 aliphatic heterocycles. The average Bonchev–Trinajstić information content (AvgIpc) is 2.37. The van der Waals surface area contributed by atoms with Crippen LogP contribution in [0.15, 0.2) is 24.4 Å². The quantitative estimate of drug-likeness (QED) is 0.870. The van der Waals surface area contributed by atoms with Crippen molar-refractivity contribution in [2.75, 3.05) is 6.54 Å². The number of amides is 1. The summed E-state index contributed by atoms with van der Waals surface area (Å²) in [5, 5.41) is 2.99. The van der Waals surface area contributed by atoms with Gasteiger partial charge < -0.3 is 5.32 Å². The molecule has 17 heavy (non-hydrogen) atoms. The Morgan fingerprint density at radius 3 is 3.06 bits per heavy atom. The second kappa shape index (κ2) is 5.80. The Kier molecular flexibility index (Phi) is 4.13. The Morgan fingerprint density at radius 1 is 1.47 bits per heavy atom. The van der Waals surface area contributed by atoms with Crippen molar-refractivity contribution in [2.24, 2.45) is 11.8 Å². The third-order valence-electron chi connectivity index (χ3n) is 3.49. The summed E-state index contributed by atoms with van der Waals surface area (Å²) in [4.78, 5) is 15.8. The maximum atomic E-state index is 11.8. The van der Waals surface area contributed by atoms with E-state index in [0.717, 1.165) is 12.5 Å². The fourth-order valence-electron chi connectivity index (χ4n) is 2.57. The van der Waals surface area contributed by atoms with Gasteiger partial charge >= 0.3 is 0 Å². The molecule has 0 saturated heterocycles. The van der Waals surface area contributed by atoms with Crippen LogP contribution >= 0.6 is 0 Å². The second-order valence-corrected chi connectivity index (χ2v) is 5.06. The number of hydrogen-bond acceptors (Lipinski definition) is 2. The maximum Gasteiger partial charge on any atom is 0.269 e. The largest absolute Gasteiger partial charge is 0.350 e. The first-order valence-corrected chi connectivity index (χ1v) is 6.45. The number of pyridine rings is 1. The van der Waals surface area contributed by atoms with Gasteiger partial charge in [-0.1, -0.05) is 25.8 Å². The first kappa shape index (κ1) is 12.1. The van der Waals surface area contributed by atoms with Crippen molar-refractivity contribution < 1.29 is 4.79 Å². The SMILES string of the molecule is CC1CCCC(CNC(=O)c2ccccn2)C1. The molecule has 3 heteroatoms. The first-order valence-electron chi connectivity index (χ1n) is 6.45. The predicted octanol–water partition coefficient (Wildman–Crippen LogP) is 2.64. The Hall–Kier alpha value is -1.38. The van der Waals surface area contributed by atoms with Gasteiger partial charge in [0.2, 0.25) is 0 Å². The van der Waals surface area contributed by atoms with Crippen LogP contribution in [0.3, 0.4) is 0 Å². The summed E-state index contributed by atoms with van der Waals surface area (Å²) in [6.07, 6.45) is 6.77. The van der Waals surface area contributed by atoms with Crippen LogP contribution in [0.2, 0.25) is 0 Å². The third-order valence-corrected chi connectivity index (χ3v) is 3.49. The summed E-state index contributed by atoms with van der Waals surface area (Å²) in [5.41, 5.74) is 0.511. The summed E-state index contributed by atoms with van der Waals surface area (Å²) in [6, 6.07) is 5.41. The molecule has 1 fully saturated rings. The van der Waals surface area contributed by atoms with Crippen LogP contribution in [0.1, 0.15) is 43.1 Å². The molecule has 0 bridgehead atoms. The van der Waals surface area contributed by atoms with Crippen LogP contribution in [0.25, 0.3) is 0 Å². The zero-order valence-corrected chi connectivity index (χ0v) is 10.4. The second-order valence-electron chi connectivity index (χ2n) is 5.06. The van der Waals surface area contributed by atoms with E-state index < -0.39 is 0 Å². The molecule has 2 unspecified atom stereocenters. The Labute approximate surface area is 103 Å². The normalized spacial score (nSPS) is 24.3. The van der Waals surface area contributed by atoms with Gasteiger partial charge in [-0.3, -0.25) is 9.78 Å². The molecule has 0 spiro atoms. The minimum absolute atomic E-state index is 0.0520. The van der Waals surface area contributed by atoms with Gasteiger partial charge in [0, 0.05) is 12.7 Å². The molecule has 1 saturated carbocycles. The van der Waals surface area contributed by atoms with Crippen LogP contribution in [0, 0.1) is 11.8 Å². The van der Waals surface area contributed by atoms with Gasteiger partial charge in [-0.25, -0.2) is 0 Å². The molecule has 2 rings (SSSR count). The minimum Gasteiger partial charge on any atom is -0.350 e. The molecule has 1 aromatic rings. The summed E-state index contributed by atoms with van der Waals surface area (Å²) in [6.45, 7) is 3.09. The summed E-state index contributed by atoms with van der Waals surface area (Å²) in [5.74, 6) is 1.40. The molecule has 1 aliphatic rings. The van der Waals surface area contributed by atoms with E-state index in [1.54, 1.807) is 12.3 Å². The van der Waals surface area contributed by atoms with E-state index >= 15 is 0 Å². The summed E-state index contributed by atoms with van der Waals surface area (Å²) >= 11 is 0. The number of hydrogen-bond donors (Lipinski definition) is 1. The van der Waals surface area contributed by atoms with Crippen molar-refractivity contribution in [1.82, 2.24) is 10.3 Å². The molecule has 1 aromatic heterocycles. The van der Waals surface area contributed by atoms with Gasteiger partial charge in [-0.2, -0.15) is 0 Å². The van der Waals surface area contributed by atoms with Crippen LogP contribution in [-0.4, -0.2) is 17.4 Å². The number of nitrogens with one attached hydrogen (secondary N) is 1. The highest BCUT2D eigenvalue weighted by Gasteiger charge is 2.19. The van der Waals surface area contributed by atoms with E-state index in [9.17, 15) is 4.79 Å². The number of carbonyl (C=O) groups excluding carboxylic acids is 1. The van der Waals surface area contributed by atoms with Crippen molar-refractivity contribution >= 4 is 5.91 Å². The number of carbonyl (C=O) groups is 1. The average molecular weight is 232 g/mol. The number of rotatable bonds is 3. The van der Waals surface area contributed by atoms with Gasteiger partial charge in [0.05, 0.1) is 0 Å². The van der Waals surface area contributed by atoms with Gasteiger partial charge in [0.15, 0.2) is 0 Å². The molecule has 0 radical (unpaired) electrons. The molecule has 2 atom stereocenters. The summed E-state index contributed by atoms with van der Waals surface area (Å²) in [7, 11) is 0. The lowest BCUT2D eigenvalue weighted by atomic mass is 9.82. The first-order chi connectivity index (χ1) is 8.25. The van der Waals surface area contributed by atoms with Crippen LogP contribution in [0.5, 0.6) is 0 Å². The molecule has 0 aromatic carbocycles. The highest BCUT2D eigenvalue weighted by atomic mass is 16.1. The predicted molar refractivity (Wildman–Crippen MR) is 67.7 cm³/mol. The van der Waals surface area contributed by atoms with E-state index in [2.05, 4.69) is 17.2 Å². The number of nitrogens with zero attached hydrogens (tertiary/aromatic N) is 1. The van der Waals surface area contributed by atoms with Crippen LogP contribution < -0.4 is 5.32 Å². The zero-order valence-electron chi connectivity index (χ0n) is 10.4. The topological polar surface area (TPSA) is 42.0 Å². The van der Waals surface area contributed by atoms with Crippen molar-refractivity contribution in [3.8, 4) is 0 Å². The van der Waals surface area contributed by atoms with Crippen molar-refractivity contribution in [2.45, 2.75) is 32.6 Å². The Bertz CT molecular complexity index is 364. The fraction of sp³-hybridized carbons (Fsp3) is 0.571. The van der Waals surface area contributed by atoms with Crippen LogP contribution in [0.4, 0.5) is 0 Å². The molecule has 92 valence electrons. The van der Waals surface area contributed by atoms with Gasteiger partial charge in [-0.15, -0.1) is 0 Å². The lowest BCUT2D eigenvalue weighted by Gasteiger charge is -2.26. The van der Waals surface area contributed by atoms with Crippen LogP contribution in [-0.2, 0) is 0 Å². The zero-order chi connectivity index (χ0) is 12.1. The lowest BCUT2D eigenvalue weighted by Crippen LogP contribution is -2.31. The van der Waals surface area contributed by atoms with E-state index in [0.29, 0.717) is 11.6 Å². The fourth-order valence-corrected chi connectivity index (χ4v) is 2.57. The lowest BCUT2D eigenvalue weighted by molar-refractivity contribution is 0.0935. The molecule has 3 nitrogen and oxygen atoms in total. The Balaban J connectivity index is 1.80. The number of aromatic nitrogens is 1. The van der Waals surface area contributed by atoms with E-state index in [1.807, 2.05) is 12.1 Å². The van der Waals surface area contributed by atoms with Crippen molar-refractivity contribution in [1.29, 1.82) is 0 Å². The van der Waals surface area contributed by atoms with Crippen molar-refractivity contribution in [3.05, 3.63) is 30.1 Å². The standard InChI is InChI=1S/C14H20N2O/c1-11-5-4-6-12(9-11)10-16-14(17)13-7-2-3-8-15-13/h2-3,7-8,11-12H,4-6,9-10H2,1H3,(H,16,17). The van der Waals surface area contributed by atoms with E-state index in [1.165, 1.54) is 25.7 Å². The molecule has 1 aliphatic carbocycles. The van der Waals surface area contributed by atoms with Gasteiger partial charge in [0.25, 0.3) is 5.91 Å². The van der Waals surface area contributed by atoms with E-state index in [4.69, 9.17) is 0 Å². The van der Waals surface area contributed by atoms with Gasteiger partial charge in [-0.05, 0) is 36.8 Å². The molecule has 1 N–H and O–H groups in total. The molecular formula is C14H20N2O.